The van der Waals surface area contributed by atoms with E-state index in [4.69, 9.17) is 5.11 Å². The first-order chi connectivity index (χ1) is 6.66. The number of aliphatic hydroxyl groups is 1. The molecule has 1 rings (SSSR count). The highest BCUT2D eigenvalue weighted by Crippen LogP contribution is 2.39. The van der Waals surface area contributed by atoms with Crippen molar-refractivity contribution in [3.05, 3.63) is 0 Å². The summed E-state index contributed by atoms with van der Waals surface area (Å²) in [4.78, 5) is 1.78. The van der Waals surface area contributed by atoms with Crippen LogP contribution in [0.3, 0.4) is 0 Å². The lowest BCUT2D eigenvalue weighted by molar-refractivity contribution is -0.183. The smallest absolute Gasteiger partial charge is 0.393 e. The Labute approximate surface area is 88.1 Å². The average molecular weight is 225 g/mol. The van der Waals surface area contributed by atoms with Crippen molar-refractivity contribution >= 4 is 0 Å². The summed E-state index contributed by atoms with van der Waals surface area (Å²) in [6, 6.07) is 0. The Bertz CT molecular complexity index is 222. The van der Waals surface area contributed by atoms with Gasteiger partial charge >= 0.3 is 6.18 Å². The highest BCUT2D eigenvalue weighted by atomic mass is 19.4. The number of halogens is 3. The molecule has 0 aromatic rings. The molecule has 2 atom stereocenters. The molecule has 0 aliphatic carbocycles. The molecule has 0 saturated carbocycles. The van der Waals surface area contributed by atoms with Crippen molar-refractivity contribution in [1.82, 2.24) is 4.90 Å². The SMILES string of the molecule is CC(C)(C)N1C[C@H](CO)[C@@H](C(F)(F)F)C1. The van der Waals surface area contributed by atoms with Crippen LogP contribution in [-0.2, 0) is 0 Å². The van der Waals surface area contributed by atoms with Crippen LogP contribution in [0.2, 0.25) is 0 Å². The van der Waals surface area contributed by atoms with Crippen LogP contribution in [0, 0.1) is 11.8 Å². The zero-order valence-corrected chi connectivity index (χ0v) is 9.30. The Hall–Kier alpha value is -0.290. The lowest BCUT2D eigenvalue weighted by atomic mass is 9.97. The van der Waals surface area contributed by atoms with E-state index in [9.17, 15) is 13.2 Å². The van der Waals surface area contributed by atoms with Gasteiger partial charge in [0.25, 0.3) is 0 Å². The number of likely N-dealkylation sites (tertiary alicyclic amines) is 1. The van der Waals surface area contributed by atoms with Gasteiger partial charge in [-0.25, -0.2) is 0 Å². The minimum atomic E-state index is -4.20. The van der Waals surface area contributed by atoms with E-state index in [-0.39, 0.29) is 12.1 Å². The second-order valence-electron chi connectivity index (χ2n) is 5.17. The molecule has 0 bridgehead atoms. The van der Waals surface area contributed by atoms with Crippen LogP contribution in [0.15, 0.2) is 0 Å². The van der Waals surface area contributed by atoms with Crippen LogP contribution in [0.1, 0.15) is 20.8 Å². The van der Waals surface area contributed by atoms with E-state index in [1.807, 2.05) is 20.8 Å². The molecule has 1 N–H and O–H groups in total. The minimum absolute atomic E-state index is 0.00176. The Morgan fingerprint density at radius 1 is 1.20 bits per heavy atom. The second kappa shape index (κ2) is 3.94. The Morgan fingerprint density at radius 3 is 2.00 bits per heavy atom. The van der Waals surface area contributed by atoms with E-state index in [0.29, 0.717) is 6.54 Å². The van der Waals surface area contributed by atoms with Gasteiger partial charge < -0.3 is 5.11 Å². The number of nitrogens with zero attached hydrogens (tertiary/aromatic N) is 1. The topological polar surface area (TPSA) is 23.5 Å². The molecule has 1 heterocycles. The molecular weight excluding hydrogens is 207 g/mol. The molecule has 1 aliphatic heterocycles. The van der Waals surface area contributed by atoms with Crippen LogP contribution in [-0.4, -0.2) is 41.4 Å². The van der Waals surface area contributed by atoms with Gasteiger partial charge in [-0.05, 0) is 20.8 Å². The molecule has 2 nitrogen and oxygen atoms in total. The highest BCUT2D eigenvalue weighted by Gasteiger charge is 2.50. The first kappa shape index (κ1) is 12.8. The van der Waals surface area contributed by atoms with Crippen LogP contribution >= 0.6 is 0 Å². The summed E-state index contributed by atoms with van der Waals surface area (Å²) in [6.07, 6.45) is -4.20. The summed E-state index contributed by atoms with van der Waals surface area (Å²) < 4.78 is 37.9. The summed E-state index contributed by atoms with van der Waals surface area (Å²) in [5, 5.41) is 8.96. The maximum Gasteiger partial charge on any atom is 0.393 e. The Balaban J connectivity index is 2.76. The van der Waals surface area contributed by atoms with Gasteiger partial charge in [0.15, 0.2) is 0 Å². The zero-order valence-electron chi connectivity index (χ0n) is 9.30. The fraction of sp³-hybridized carbons (Fsp3) is 1.00. The van der Waals surface area contributed by atoms with Gasteiger partial charge in [-0.15, -0.1) is 0 Å². The summed E-state index contributed by atoms with van der Waals surface area (Å²) in [5.41, 5.74) is -0.270. The molecule has 1 fully saturated rings. The number of rotatable bonds is 1. The molecule has 0 unspecified atom stereocenters. The third-order valence-corrected chi connectivity index (χ3v) is 3.04. The predicted octanol–water partition coefficient (Wildman–Crippen LogP) is 1.89. The van der Waals surface area contributed by atoms with Crippen molar-refractivity contribution in [3.63, 3.8) is 0 Å². The van der Waals surface area contributed by atoms with Gasteiger partial charge in [-0.1, -0.05) is 0 Å². The quantitative estimate of drug-likeness (QED) is 0.736. The van der Waals surface area contributed by atoms with Gasteiger partial charge in [0.1, 0.15) is 0 Å². The van der Waals surface area contributed by atoms with Crippen molar-refractivity contribution in [2.45, 2.75) is 32.5 Å². The van der Waals surface area contributed by atoms with Crippen molar-refractivity contribution in [3.8, 4) is 0 Å². The van der Waals surface area contributed by atoms with Gasteiger partial charge in [0.05, 0.1) is 5.92 Å². The third kappa shape index (κ3) is 2.84. The third-order valence-electron chi connectivity index (χ3n) is 3.04. The molecule has 1 aliphatic rings. The number of alkyl halides is 3. The molecule has 0 aromatic carbocycles. The molecule has 1 saturated heterocycles. The van der Waals surface area contributed by atoms with E-state index < -0.39 is 24.6 Å². The second-order valence-corrected chi connectivity index (χ2v) is 5.17. The van der Waals surface area contributed by atoms with Gasteiger partial charge in [-0.3, -0.25) is 4.90 Å². The first-order valence-electron chi connectivity index (χ1n) is 5.09. The summed E-state index contributed by atoms with van der Waals surface area (Å²) in [7, 11) is 0. The zero-order chi connectivity index (χ0) is 11.9. The normalized spacial score (nSPS) is 29.8. The Morgan fingerprint density at radius 2 is 1.73 bits per heavy atom. The van der Waals surface area contributed by atoms with E-state index in [1.54, 1.807) is 4.90 Å². The molecule has 0 aromatic heterocycles. The highest BCUT2D eigenvalue weighted by molar-refractivity contribution is 4.92. The number of hydrogen-bond donors (Lipinski definition) is 1. The largest absolute Gasteiger partial charge is 0.396 e. The molecule has 15 heavy (non-hydrogen) atoms. The maximum absolute atomic E-state index is 12.6. The van der Waals surface area contributed by atoms with Gasteiger partial charge in [0.2, 0.25) is 0 Å². The summed E-state index contributed by atoms with van der Waals surface area (Å²) in [6.45, 7) is 5.60. The molecule has 0 radical (unpaired) electrons. The van der Waals surface area contributed by atoms with E-state index >= 15 is 0 Å². The molecule has 0 spiro atoms. The number of hydrogen-bond acceptors (Lipinski definition) is 2. The molecule has 90 valence electrons. The standard InChI is InChI=1S/C10H18F3NO/c1-9(2,3)14-4-7(6-15)8(5-14)10(11,12)13/h7-8,15H,4-6H2,1-3H3/t7-,8+/m1/s1. The van der Waals surface area contributed by atoms with Crippen molar-refractivity contribution in [2.75, 3.05) is 19.7 Å². The van der Waals surface area contributed by atoms with Crippen molar-refractivity contribution in [2.24, 2.45) is 11.8 Å². The first-order valence-corrected chi connectivity index (χ1v) is 5.09. The lowest BCUT2D eigenvalue weighted by Crippen LogP contribution is -2.40. The van der Waals surface area contributed by atoms with Crippen molar-refractivity contribution < 1.29 is 18.3 Å². The van der Waals surface area contributed by atoms with E-state index in [1.165, 1.54) is 0 Å². The Kier molecular flexibility index (Phi) is 3.36. The average Bonchev–Trinajstić information content (AvgIpc) is 2.44. The fourth-order valence-corrected chi connectivity index (χ4v) is 1.97. The van der Waals surface area contributed by atoms with Crippen molar-refractivity contribution in [1.29, 1.82) is 0 Å². The summed E-state index contributed by atoms with van der Waals surface area (Å²) >= 11 is 0. The van der Waals surface area contributed by atoms with E-state index in [0.717, 1.165) is 0 Å². The molecule has 5 heteroatoms. The monoisotopic (exact) mass is 225 g/mol. The van der Waals surface area contributed by atoms with E-state index in [2.05, 4.69) is 0 Å². The summed E-state index contributed by atoms with van der Waals surface area (Å²) in [5.74, 6) is -2.06. The molecule has 0 amide bonds. The van der Waals surface area contributed by atoms with Crippen LogP contribution in [0.25, 0.3) is 0 Å². The van der Waals surface area contributed by atoms with Crippen LogP contribution in [0.4, 0.5) is 13.2 Å². The van der Waals surface area contributed by atoms with Crippen LogP contribution < -0.4 is 0 Å². The van der Waals surface area contributed by atoms with Gasteiger partial charge in [0, 0.05) is 31.2 Å². The predicted molar refractivity (Wildman–Crippen MR) is 51.4 cm³/mol. The lowest BCUT2D eigenvalue weighted by Gasteiger charge is -2.31. The number of aliphatic hydroxyl groups excluding tert-OH is 1. The van der Waals surface area contributed by atoms with Crippen LogP contribution in [0.5, 0.6) is 0 Å². The van der Waals surface area contributed by atoms with Gasteiger partial charge in [-0.2, -0.15) is 13.2 Å². The molecular formula is C10H18F3NO. The fourth-order valence-electron chi connectivity index (χ4n) is 1.97. The minimum Gasteiger partial charge on any atom is -0.396 e. The maximum atomic E-state index is 12.6.